The van der Waals surface area contributed by atoms with Gasteiger partial charge in [-0.2, -0.15) is 0 Å². The lowest BCUT2D eigenvalue weighted by molar-refractivity contribution is 0.355. The van der Waals surface area contributed by atoms with Crippen molar-refractivity contribution in [2.45, 2.75) is 13.3 Å². The molecule has 0 radical (unpaired) electrons. The van der Waals surface area contributed by atoms with E-state index >= 15 is 0 Å². The van der Waals surface area contributed by atoms with Gasteiger partial charge in [0.2, 0.25) is 0 Å². The quantitative estimate of drug-likeness (QED) is 0.584. The van der Waals surface area contributed by atoms with Crippen LogP contribution in [-0.4, -0.2) is 33.6 Å². The van der Waals surface area contributed by atoms with Crippen LogP contribution in [0, 0.1) is 6.92 Å². The van der Waals surface area contributed by atoms with Crippen LogP contribution >= 0.6 is 11.6 Å². The number of halogens is 1. The van der Waals surface area contributed by atoms with E-state index in [-0.39, 0.29) is 5.56 Å². The normalized spacial score (nSPS) is 11.3. The standard InChI is InChI=1S/C19H17ClN4O3/c1-10-4-18-21-11(8-24(18)9-13(10)20)5-17-22-14-7-16(27-3)15(26-2)6-12(14)19(25)23-17/h4,6-9H,5H2,1-3H3,(H,22,23,25). The largest absolute Gasteiger partial charge is 0.493 e. The highest BCUT2D eigenvalue weighted by atomic mass is 35.5. The fourth-order valence-electron chi connectivity index (χ4n) is 3.01. The van der Waals surface area contributed by atoms with Gasteiger partial charge in [0.1, 0.15) is 11.5 Å². The van der Waals surface area contributed by atoms with Crippen molar-refractivity contribution in [2.75, 3.05) is 14.2 Å². The summed E-state index contributed by atoms with van der Waals surface area (Å²) in [5.41, 5.74) is 2.83. The van der Waals surface area contributed by atoms with Gasteiger partial charge in [0.25, 0.3) is 5.56 Å². The van der Waals surface area contributed by atoms with Crippen LogP contribution < -0.4 is 15.0 Å². The van der Waals surface area contributed by atoms with E-state index in [1.807, 2.05) is 29.8 Å². The molecular weight excluding hydrogens is 368 g/mol. The number of imidazole rings is 1. The number of nitrogens with zero attached hydrogens (tertiary/aromatic N) is 3. The number of fused-ring (bicyclic) bond motifs is 2. The van der Waals surface area contributed by atoms with E-state index in [1.54, 1.807) is 19.2 Å². The van der Waals surface area contributed by atoms with Crippen molar-refractivity contribution in [3.8, 4) is 11.5 Å². The summed E-state index contributed by atoms with van der Waals surface area (Å²) in [6.07, 6.45) is 4.08. The number of methoxy groups -OCH3 is 2. The average molecular weight is 385 g/mol. The molecule has 0 aliphatic rings. The highest BCUT2D eigenvalue weighted by Crippen LogP contribution is 2.30. The molecule has 8 heteroatoms. The van der Waals surface area contributed by atoms with Crippen molar-refractivity contribution >= 4 is 28.2 Å². The van der Waals surface area contributed by atoms with E-state index in [0.29, 0.717) is 39.7 Å². The zero-order chi connectivity index (χ0) is 19.1. The smallest absolute Gasteiger partial charge is 0.258 e. The van der Waals surface area contributed by atoms with Crippen LogP contribution in [0.25, 0.3) is 16.6 Å². The molecule has 0 amide bonds. The molecule has 0 atom stereocenters. The number of nitrogens with one attached hydrogen (secondary N) is 1. The van der Waals surface area contributed by atoms with Crippen LogP contribution in [0.3, 0.4) is 0 Å². The zero-order valence-electron chi connectivity index (χ0n) is 15.0. The van der Waals surface area contributed by atoms with E-state index < -0.39 is 0 Å². The van der Waals surface area contributed by atoms with Crippen molar-refractivity contribution in [1.29, 1.82) is 0 Å². The maximum Gasteiger partial charge on any atom is 0.258 e. The first-order chi connectivity index (χ1) is 13.0. The summed E-state index contributed by atoms with van der Waals surface area (Å²) in [6, 6.07) is 5.23. The molecule has 27 heavy (non-hydrogen) atoms. The Balaban J connectivity index is 1.77. The Bertz CT molecular complexity index is 1190. The average Bonchev–Trinajstić information content (AvgIpc) is 3.01. The lowest BCUT2D eigenvalue weighted by Crippen LogP contribution is -2.12. The molecule has 0 fully saturated rings. The molecule has 0 bridgehead atoms. The minimum absolute atomic E-state index is 0.237. The molecule has 4 aromatic rings. The molecule has 1 N–H and O–H groups in total. The summed E-state index contributed by atoms with van der Waals surface area (Å²) in [7, 11) is 3.07. The lowest BCUT2D eigenvalue weighted by Gasteiger charge is -2.09. The summed E-state index contributed by atoms with van der Waals surface area (Å²) in [5, 5.41) is 1.11. The van der Waals surface area contributed by atoms with Gasteiger partial charge in [0, 0.05) is 24.9 Å². The van der Waals surface area contributed by atoms with Crippen molar-refractivity contribution in [2.24, 2.45) is 0 Å². The minimum atomic E-state index is -0.237. The first kappa shape index (κ1) is 17.4. The predicted octanol–water partition coefficient (Wildman–Crippen LogP) is 3.14. The molecule has 4 rings (SSSR count). The van der Waals surface area contributed by atoms with Crippen molar-refractivity contribution in [1.82, 2.24) is 19.4 Å². The van der Waals surface area contributed by atoms with Gasteiger partial charge < -0.3 is 18.9 Å². The van der Waals surface area contributed by atoms with Crippen LogP contribution in [0.5, 0.6) is 11.5 Å². The Hall–Kier alpha value is -3.06. The molecule has 0 saturated heterocycles. The summed E-state index contributed by atoms with van der Waals surface area (Å²) >= 11 is 6.17. The fraction of sp³-hybridized carbons (Fsp3) is 0.211. The molecule has 3 heterocycles. The maximum absolute atomic E-state index is 12.5. The second-order valence-corrected chi connectivity index (χ2v) is 6.62. The fourth-order valence-corrected chi connectivity index (χ4v) is 3.17. The van der Waals surface area contributed by atoms with Crippen LogP contribution in [-0.2, 0) is 6.42 Å². The number of H-pyrrole nitrogens is 1. The number of aromatic nitrogens is 4. The molecule has 0 aliphatic carbocycles. The van der Waals surface area contributed by atoms with E-state index in [0.717, 1.165) is 16.9 Å². The summed E-state index contributed by atoms with van der Waals surface area (Å²) in [6.45, 7) is 1.93. The van der Waals surface area contributed by atoms with E-state index in [4.69, 9.17) is 21.1 Å². The Kier molecular flexibility index (Phi) is 4.24. The SMILES string of the molecule is COc1cc2nc(Cc3cn4cc(Cl)c(C)cc4n3)[nH]c(=O)c2cc1OC. The molecule has 0 unspecified atom stereocenters. The molecule has 0 spiro atoms. The number of ether oxygens (including phenoxy) is 2. The first-order valence-corrected chi connectivity index (χ1v) is 8.65. The molecule has 7 nitrogen and oxygen atoms in total. The van der Waals surface area contributed by atoms with Gasteiger partial charge in [-0.25, -0.2) is 9.97 Å². The predicted molar refractivity (Wildman–Crippen MR) is 103 cm³/mol. The molecule has 138 valence electrons. The van der Waals surface area contributed by atoms with Gasteiger partial charge in [-0.3, -0.25) is 4.79 Å². The van der Waals surface area contributed by atoms with Gasteiger partial charge >= 0.3 is 0 Å². The monoisotopic (exact) mass is 384 g/mol. The van der Waals surface area contributed by atoms with Crippen LogP contribution in [0.15, 0.2) is 35.4 Å². The number of aryl methyl sites for hydroxylation is 1. The Morgan fingerprint density at radius 1 is 1.11 bits per heavy atom. The topological polar surface area (TPSA) is 81.5 Å². The molecule has 3 aromatic heterocycles. The number of benzene rings is 1. The highest BCUT2D eigenvalue weighted by molar-refractivity contribution is 6.31. The van der Waals surface area contributed by atoms with Crippen molar-refractivity contribution in [3.63, 3.8) is 0 Å². The number of hydrogen-bond donors (Lipinski definition) is 1. The van der Waals surface area contributed by atoms with E-state index in [1.165, 1.54) is 7.11 Å². The second-order valence-electron chi connectivity index (χ2n) is 6.22. The van der Waals surface area contributed by atoms with Gasteiger partial charge in [-0.05, 0) is 24.6 Å². The number of hydrogen-bond acceptors (Lipinski definition) is 5. The summed E-state index contributed by atoms with van der Waals surface area (Å²) < 4.78 is 12.4. The maximum atomic E-state index is 12.5. The number of pyridine rings is 1. The third-order valence-corrected chi connectivity index (χ3v) is 4.79. The molecule has 1 aromatic carbocycles. The second kappa shape index (κ2) is 6.59. The minimum Gasteiger partial charge on any atom is -0.493 e. The van der Waals surface area contributed by atoms with Crippen molar-refractivity contribution < 1.29 is 9.47 Å². The van der Waals surface area contributed by atoms with Gasteiger partial charge in [-0.15, -0.1) is 0 Å². The van der Waals surface area contributed by atoms with E-state index in [2.05, 4.69) is 15.0 Å². The molecule has 0 saturated carbocycles. The van der Waals surface area contributed by atoms with Crippen LogP contribution in [0.4, 0.5) is 0 Å². The van der Waals surface area contributed by atoms with Crippen LogP contribution in [0.2, 0.25) is 5.02 Å². The van der Waals surface area contributed by atoms with Crippen LogP contribution in [0.1, 0.15) is 17.1 Å². The third kappa shape index (κ3) is 3.10. The number of rotatable bonds is 4. The van der Waals surface area contributed by atoms with Gasteiger partial charge in [0.05, 0.1) is 35.8 Å². The van der Waals surface area contributed by atoms with Gasteiger partial charge in [-0.1, -0.05) is 11.6 Å². The highest BCUT2D eigenvalue weighted by Gasteiger charge is 2.12. The molecular formula is C19H17ClN4O3. The Labute approximate surface area is 159 Å². The lowest BCUT2D eigenvalue weighted by atomic mass is 10.2. The Morgan fingerprint density at radius 3 is 2.59 bits per heavy atom. The Morgan fingerprint density at radius 2 is 1.85 bits per heavy atom. The number of aromatic amines is 1. The van der Waals surface area contributed by atoms with Crippen molar-refractivity contribution in [3.05, 3.63) is 63.1 Å². The summed E-state index contributed by atoms with van der Waals surface area (Å²) in [4.78, 5) is 24.4. The first-order valence-electron chi connectivity index (χ1n) is 8.27. The zero-order valence-corrected chi connectivity index (χ0v) is 15.8. The van der Waals surface area contributed by atoms with E-state index in [9.17, 15) is 4.79 Å². The third-order valence-electron chi connectivity index (χ3n) is 4.39. The summed E-state index contributed by atoms with van der Waals surface area (Å²) in [5.74, 6) is 1.52. The van der Waals surface area contributed by atoms with Gasteiger partial charge in [0.15, 0.2) is 11.5 Å². The molecule has 0 aliphatic heterocycles.